The number of carbonyl (C=O) groups excluding carboxylic acids is 1. The van der Waals surface area contributed by atoms with E-state index >= 15 is 0 Å². The monoisotopic (exact) mass is 538 g/mol. The number of aliphatic carboxylic acids is 1. The lowest BCUT2D eigenvalue weighted by Crippen LogP contribution is -2.62. The molecule has 0 radical (unpaired) electrons. The van der Waals surface area contributed by atoms with E-state index in [1.807, 2.05) is 70.2 Å². The molecule has 0 saturated heterocycles. The Bertz CT molecular complexity index is 1100. The maximum Gasteiger partial charge on any atom is 0.329 e. The number of rotatable bonds is 14. The summed E-state index contributed by atoms with van der Waals surface area (Å²) in [7, 11) is 0. The molecule has 2 aromatic carbocycles. The van der Waals surface area contributed by atoms with Gasteiger partial charge in [0.1, 0.15) is 17.0 Å². The van der Waals surface area contributed by atoms with Gasteiger partial charge in [0.05, 0.1) is 32.0 Å². The lowest BCUT2D eigenvalue weighted by Gasteiger charge is -2.41. The van der Waals surface area contributed by atoms with E-state index in [4.69, 9.17) is 14.2 Å². The lowest BCUT2D eigenvalue weighted by molar-refractivity contribution is -0.148. The Hall–Kier alpha value is -3.26. The van der Waals surface area contributed by atoms with Gasteiger partial charge in [0.2, 0.25) is 0 Å². The Morgan fingerprint density at radius 2 is 1.64 bits per heavy atom. The molecule has 0 spiro atoms. The highest BCUT2D eigenvalue weighted by atomic mass is 16.5. The van der Waals surface area contributed by atoms with Gasteiger partial charge in [-0.2, -0.15) is 0 Å². The number of hydrogen-bond acceptors (Lipinski definition) is 5. The number of amides is 2. The molecule has 8 nitrogen and oxygen atoms in total. The Kier molecular flexibility index (Phi) is 9.38. The predicted molar refractivity (Wildman–Crippen MR) is 149 cm³/mol. The summed E-state index contributed by atoms with van der Waals surface area (Å²) in [5.41, 5.74) is 1.82. The van der Waals surface area contributed by atoms with Gasteiger partial charge in [0.15, 0.2) is 0 Å². The average Bonchev–Trinajstić information content (AvgIpc) is 3.74. The van der Waals surface area contributed by atoms with Crippen LogP contribution in [0.5, 0.6) is 11.5 Å². The molecule has 4 rings (SSSR count). The van der Waals surface area contributed by atoms with Gasteiger partial charge < -0.3 is 29.5 Å². The van der Waals surface area contributed by atoms with E-state index in [1.165, 1.54) is 0 Å². The second-order valence-electron chi connectivity index (χ2n) is 10.5. The number of ether oxygens (including phenoxy) is 3. The standard InChI is InChI=1S/C31H42N2O6/c1-5-37-26-19-25(20-27(38-6-2)28(26)24-13-14-24)21(3)33(30(36)32-31(29(34)35)15-10-16-31)17-18-39-22(4)23-11-8-7-9-12-23/h7-9,11-12,19-22,24H,5-6,10,13-18H2,1-4H3,(H,32,36)(H,34,35)/t21-,22+/m1/s1. The van der Waals surface area contributed by atoms with Crippen LogP contribution in [0.2, 0.25) is 0 Å². The fourth-order valence-electron chi connectivity index (χ4n) is 5.19. The van der Waals surface area contributed by atoms with E-state index in [1.54, 1.807) is 4.90 Å². The molecule has 2 aromatic rings. The molecule has 0 bridgehead atoms. The fourth-order valence-corrected chi connectivity index (χ4v) is 5.19. The number of nitrogens with one attached hydrogen (secondary N) is 1. The van der Waals surface area contributed by atoms with E-state index in [0.29, 0.717) is 38.6 Å². The molecule has 2 atom stereocenters. The number of carboxylic acids is 1. The van der Waals surface area contributed by atoms with Gasteiger partial charge in [0, 0.05) is 12.1 Å². The van der Waals surface area contributed by atoms with Gasteiger partial charge in [-0.25, -0.2) is 9.59 Å². The van der Waals surface area contributed by atoms with Crippen molar-refractivity contribution in [1.82, 2.24) is 10.2 Å². The van der Waals surface area contributed by atoms with Gasteiger partial charge in [-0.05, 0) is 89.0 Å². The van der Waals surface area contributed by atoms with Crippen LogP contribution in [0.1, 0.15) is 94.6 Å². The first-order valence-corrected chi connectivity index (χ1v) is 14.2. The molecule has 8 heteroatoms. The number of nitrogens with zero attached hydrogens (tertiary/aromatic N) is 1. The largest absolute Gasteiger partial charge is 0.493 e. The molecule has 2 amide bonds. The summed E-state index contributed by atoms with van der Waals surface area (Å²) in [6.07, 6.45) is 3.71. The Morgan fingerprint density at radius 3 is 2.13 bits per heavy atom. The maximum absolute atomic E-state index is 13.7. The minimum absolute atomic E-state index is 0.143. The van der Waals surface area contributed by atoms with Crippen LogP contribution in [0.4, 0.5) is 4.79 Å². The van der Waals surface area contributed by atoms with Crippen molar-refractivity contribution in [3.63, 3.8) is 0 Å². The van der Waals surface area contributed by atoms with Crippen LogP contribution in [0.25, 0.3) is 0 Å². The first kappa shape index (κ1) is 28.7. The van der Waals surface area contributed by atoms with Crippen LogP contribution >= 0.6 is 0 Å². The second kappa shape index (κ2) is 12.7. The minimum atomic E-state index is -1.21. The van der Waals surface area contributed by atoms with Crippen molar-refractivity contribution in [2.45, 2.75) is 83.4 Å². The van der Waals surface area contributed by atoms with Crippen LogP contribution in [0, 0.1) is 0 Å². The summed E-state index contributed by atoms with van der Waals surface area (Å²) in [5.74, 6) is 1.03. The molecule has 0 heterocycles. The Balaban J connectivity index is 1.59. The van der Waals surface area contributed by atoms with Crippen molar-refractivity contribution in [2.24, 2.45) is 0 Å². The lowest BCUT2D eigenvalue weighted by atomic mass is 9.77. The second-order valence-corrected chi connectivity index (χ2v) is 10.5. The van der Waals surface area contributed by atoms with E-state index in [9.17, 15) is 14.7 Å². The zero-order valence-electron chi connectivity index (χ0n) is 23.6. The highest BCUT2D eigenvalue weighted by Gasteiger charge is 2.46. The first-order chi connectivity index (χ1) is 18.8. The quantitative estimate of drug-likeness (QED) is 0.296. The summed E-state index contributed by atoms with van der Waals surface area (Å²) < 4.78 is 18.2. The summed E-state index contributed by atoms with van der Waals surface area (Å²) >= 11 is 0. The zero-order valence-corrected chi connectivity index (χ0v) is 23.6. The molecule has 2 aliphatic rings. The number of carbonyl (C=O) groups is 2. The van der Waals surface area contributed by atoms with E-state index in [-0.39, 0.29) is 18.7 Å². The van der Waals surface area contributed by atoms with Crippen LogP contribution in [0.3, 0.4) is 0 Å². The third-order valence-corrected chi connectivity index (χ3v) is 7.85. The van der Waals surface area contributed by atoms with Crippen LogP contribution in [-0.4, -0.2) is 53.9 Å². The highest BCUT2D eigenvalue weighted by Crippen LogP contribution is 2.50. The van der Waals surface area contributed by atoms with Crippen LogP contribution < -0.4 is 14.8 Å². The molecule has 2 fully saturated rings. The molecule has 0 unspecified atom stereocenters. The number of benzene rings is 2. The van der Waals surface area contributed by atoms with E-state index in [2.05, 4.69) is 5.32 Å². The fraction of sp³-hybridized carbons (Fsp3) is 0.548. The predicted octanol–water partition coefficient (Wildman–Crippen LogP) is 6.22. The maximum atomic E-state index is 13.7. The highest BCUT2D eigenvalue weighted by molar-refractivity contribution is 5.87. The van der Waals surface area contributed by atoms with Gasteiger partial charge in [-0.3, -0.25) is 0 Å². The molecular weight excluding hydrogens is 496 g/mol. The van der Waals surface area contributed by atoms with Crippen molar-refractivity contribution in [2.75, 3.05) is 26.4 Å². The van der Waals surface area contributed by atoms with Gasteiger partial charge in [-0.1, -0.05) is 30.3 Å². The van der Waals surface area contributed by atoms with Gasteiger partial charge in [-0.15, -0.1) is 0 Å². The molecule has 212 valence electrons. The smallest absolute Gasteiger partial charge is 0.329 e. The molecular formula is C31H42N2O6. The van der Waals surface area contributed by atoms with E-state index < -0.39 is 17.5 Å². The summed E-state index contributed by atoms with van der Waals surface area (Å²) in [5, 5.41) is 12.7. The van der Waals surface area contributed by atoms with Crippen LogP contribution in [-0.2, 0) is 9.53 Å². The molecule has 2 saturated carbocycles. The first-order valence-electron chi connectivity index (χ1n) is 14.2. The van der Waals surface area contributed by atoms with Crippen molar-refractivity contribution >= 4 is 12.0 Å². The SMILES string of the molecule is CCOc1cc([C@@H](C)N(CCO[C@@H](C)c2ccccc2)C(=O)NC2(C(=O)O)CCC2)cc(OCC)c1C1CC1. The molecule has 2 N–H and O–H groups in total. The molecule has 2 aliphatic carbocycles. The molecule has 39 heavy (non-hydrogen) atoms. The minimum Gasteiger partial charge on any atom is -0.493 e. The normalized spacial score (nSPS) is 17.4. The van der Waals surface area contributed by atoms with Crippen molar-refractivity contribution in [3.8, 4) is 11.5 Å². The summed E-state index contributed by atoms with van der Waals surface area (Å²) in [4.78, 5) is 27.3. The summed E-state index contributed by atoms with van der Waals surface area (Å²) in [6.45, 7) is 9.49. The van der Waals surface area contributed by atoms with Crippen LogP contribution in [0.15, 0.2) is 42.5 Å². The van der Waals surface area contributed by atoms with Crippen molar-refractivity contribution in [1.29, 1.82) is 0 Å². The number of urea groups is 1. The third-order valence-electron chi connectivity index (χ3n) is 7.85. The zero-order chi connectivity index (χ0) is 28.0. The Labute approximate surface area is 231 Å². The van der Waals surface area contributed by atoms with Crippen molar-refractivity contribution in [3.05, 3.63) is 59.2 Å². The van der Waals surface area contributed by atoms with Gasteiger partial charge >= 0.3 is 12.0 Å². The van der Waals surface area contributed by atoms with E-state index in [0.717, 1.165) is 47.5 Å². The number of carboxylic acid groups (broad SMARTS) is 1. The number of hydrogen-bond donors (Lipinski definition) is 2. The average molecular weight is 539 g/mol. The Morgan fingerprint density at radius 1 is 1.03 bits per heavy atom. The molecule has 0 aromatic heterocycles. The third kappa shape index (κ3) is 6.67. The molecule has 0 aliphatic heterocycles. The topological polar surface area (TPSA) is 97.3 Å². The van der Waals surface area contributed by atoms with Gasteiger partial charge in [0.25, 0.3) is 0 Å². The van der Waals surface area contributed by atoms with Crippen molar-refractivity contribution < 1.29 is 28.9 Å². The summed E-state index contributed by atoms with van der Waals surface area (Å²) in [6, 6.07) is 13.2.